The highest BCUT2D eigenvalue weighted by atomic mass is 35.5. The lowest BCUT2D eigenvalue weighted by molar-refractivity contribution is 0.0934. The lowest BCUT2D eigenvalue weighted by Gasteiger charge is -2.19. The molecule has 1 atom stereocenters. The number of hydrogen-bond acceptors (Lipinski definition) is 4. The Balaban J connectivity index is 0.00000392. The monoisotopic (exact) mass is 429 g/mol. The van der Waals surface area contributed by atoms with Crippen LogP contribution < -0.4 is 15.8 Å². The van der Waals surface area contributed by atoms with Gasteiger partial charge in [-0.3, -0.25) is 9.52 Å². The molecule has 0 fully saturated rings. The van der Waals surface area contributed by atoms with Gasteiger partial charge in [0, 0.05) is 23.8 Å². The van der Waals surface area contributed by atoms with E-state index in [4.69, 9.17) is 5.73 Å². The summed E-state index contributed by atoms with van der Waals surface area (Å²) in [5.41, 5.74) is 6.39. The molecule has 0 heterocycles. The molecule has 0 aliphatic rings. The Kier molecular flexibility index (Phi) is 8.87. The third kappa shape index (κ3) is 6.78. The Morgan fingerprint density at radius 2 is 1.64 bits per heavy atom. The summed E-state index contributed by atoms with van der Waals surface area (Å²) < 4.78 is 39.9. The van der Waals surface area contributed by atoms with Crippen molar-refractivity contribution in [2.75, 3.05) is 11.3 Å². The minimum absolute atomic E-state index is 0. The molecule has 0 aromatic heterocycles. The van der Waals surface area contributed by atoms with E-state index >= 15 is 0 Å². The maximum atomic E-state index is 12.9. The third-order valence-electron chi connectivity index (χ3n) is 3.90. The molecule has 154 valence electrons. The molecule has 0 saturated heterocycles. The van der Waals surface area contributed by atoms with Gasteiger partial charge in [-0.2, -0.15) is 0 Å². The van der Waals surface area contributed by atoms with Crippen LogP contribution in [-0.2, 0) is 10.0 Å². The topological polar surface area (TPSA) is 101 Å². The zero-order chi connectivity index (χ0) is 20.0. The number of anilines is 1. The fraction of sp³-hybridized carbons (Fsp3) is 0.316. The number of rotatable bonds is 8. The molecule has 9 heteroatoms. The van der Waals surface area contributed by atoms with Gasteiger partial charge >= 0.3 is 0 Å². The number of nitrogens with two attached hydrogens (primary N) is 1. The molecule has 0 aliphatic heterocycles. The van der Waals surface area contributed by atoms with Gasteiger partial charge in [-0.15, -0.1) is 12.4 Å². The van der Waals surface area contributed by atoms with Crippen LogP contribution in [0.3, 0.4) is 0 Å². The van der Waals surface area contributed by atoms with Crippen molar-refractivity contribution >= 4 is 34.0 Å². The van der Waals surface area contributed by atoms with Gasteiger partial charge in [-0.05, 0) is 60.9 Å². The van der Waals surface area contributed by atoms with Crippen molar-refractivity contribution in [3.05, 3.63) is 59.9 Å². The highest BCUT2D eigenvalue weighted by Gasteiger charge is 2.16. The van der Waals surface area contributed by atoms with Gasteiger partial charge in [-0.25, -0.2) is 12.8 Å². The molecule has 2 rings (SSSR count). The number of sulfonamides is 1. The van der Waals surface area contributed by atoms with E-state index in [9.17, 15) is 17.6 Å². The highest BCUT2D eigenvalue weighted by molar-refractivity contribution is 7.92. The third-order valence-corrected chi connectivity index (χ3v) is 5.30. The number of nitrogens with one attached hydrogen (secondary N) is 2. The standard InChI is InChI=1S/C19H24FN3O3S.ClH/c1-13(2)11-17(12-21)22-19(24)14-3-7-16(8-4-14)23-27(25,26)18-9-5-15(20)6-10-18;/h3-10,13,17,23H,11-12,21H2,1-2H3,(H,22,24);1H. The first-order chi connectivity index (χ1) is 12.7. The molecular weight excluding hydrogens is 405 g/mol. The second-order valence-corrected chi connectivity index (χ2v) is 8.35. The number of halogens is 2. The van der Waals surface area contributed by atoms with Crippen LogP contribution in [0.15, 0.2) is 53.4 Å². The van der Waals surface area contributed by atoms with Crippen LogP contribution in [-0.4, -0.2) is 26.9 Å². The Labute approximate surface area is 171 Å². The minimum Gasteiger partial charge on any atom is -0.348 e. The first kappa shape index (κ1) is 23.9. The van der Waals surface area contributed by atoms with E-state index in [-0.39, 0.29) is 29.3 Å². The average Bonchev–Trinajstić information content (AvgIpc) is 2.61. The number of hydrogen-bond donors (Lipinski definition) is 3. The van der Waals surface area contributed by atoms with Gasteiger partial charge in [0.25, 0.3) is 15.9 Å². The SMILES string of the molecule is CC(C)CC(CN)NC(=O)c1ccc(NS(=O)(=O)c2ccc(F)cc2)cc1.Cl. The lowest BCUT2D eigenvalue weighted by atomic mass is 10.0. The predicted octanol–water partition coefficient (Wildman–Crippen LogP) is 3.15. The molecule has 0 aliphatic carbocycles. The molecule has 0 bridgehead atoms. The van der Waals surface area contributed by atoms with E-state index in [0.717, 1.165) is 18.6 Å². The quantitative estimate of drug-likeness (QED) is 0.599. The molecule has 2 aromatic rings. The van der Waals surface area contributed by atoms with E-state index in [1.165, 1.54) is 36.4 Å². The van der Waals surface area contributed by atoms with Crippen LogP contribution in [0.4, 0.5) is 10.1 Å². The van der Waals surface area contributed by atoms with Crippen molar-refractivity contribution in [3.63, 3.8) is 0 Å². The summed E-state index contributed by atoms with van der Waals surface area (Å²) in [6.45, 7) is 4.45. The van der Waals surface area contributed by atoms with Crippen LogP contribution in [0.5, 0.6) is 0 Å². The van der Waals surface area contributed by atoms with Crippen LogP contribution in [0, 0.1) is 11.7 Å². The van der Waals surface area contributed by atoms with E-state index in [2.05, 4.69) is 23.9 Å². The highest BCUT2D eigenvalue weighted by Crippen LogP contribution is 2.17. The maximum Gasteiger partial charge on any atom is 0.261 e. The normalized spacial score (nSPS) is 12.2. The molecule has 1 unspecified atom stereocenters. The summed E-state index contributed by atoms with van der Waals surface area (Å²) in [7, 11) is -3.83. The Morgan fingerprint density at radius 1 is 1.07 bits per heavy atom. The summed E-state index contributed by atoms with van der Waals surface area (Å²) in [5.74, 6) is -0.376. The van der Waals surface area contributed by atoms with Gasteiger partial charge in [0.1, 0.15) is 5.82 Å². The van der Waals surface area contributed by atoms with Crippen molar-refractivity contribution in [1.82, 2.24) is 5.32 Å². The molecule has 0 radical (unpaired) electrons. The fourth-order valence-electron chi connectivity index (χ4n) is 2.57. The smallest absolute Gasteiger partial charge is 0.261 e. The van der Waals surface area contributed by atoms with Crippen molar-refractivity contribution in [3.8, 4) is 0 Å². The van der Waals surface area contributed by atoms with Crippen LogP contribution in [0.2, 0.25) is 0 Å². The summed E-state index contributed by atoms with van der Waals surface area (Å²) in [6, 6.07) is 10.4. The first-order valence-electron chi connectivity index (χ1n) is 8.60. The molecular formula is C19H25ClFN3O3S. The van der Waals surface area contributed by atoms with Crippen molar-refractivity contribution in [2.45, 2.75) is 31.2 Å². The zero-order valence-corrected chi connectivity index (χ0v) is 17.3. The average molecular weight is 430 g/mol. The van der Waals surface area contributed by atoms with Crippen LogP contribution in [0.25, 0.3) is 0 Å². The first-order valence-corrected chi connectivity index (χ1v) is 10.1. The Bertz CT molecular complexity index is 872. The van der Waals surface area contributed by atoms with Crippen molar-refractivity contribution < 1.29 is 17.6 Å². The van der Waals surface area contributed by atoms with Gasteiger partial charge < -0.3 is 11.1 Å². The van der Waals surface area contributed by atoms with E-state index in [1.54, 1.807) is 0 Å². The molecule has 28 heavy (non-hydrogen) atoms. The molecule has 1 amide bonds. The minimum atomic E-state index is -3.83. The molecule has 6 nitrogen and oxygen atoms in total. The van der Waals surface area contributed by atoms with Gasteiger partial charge in [-0.1, -0.05) is 13.8 Å². The Hall–Kier alpha value is -2.16. The van der Waals surface area contributed by atoms with Crippen LogP contribution >= 0.6 is 12.4 Å². The zero-order valence-electron chi connectivity index (χ0n) is 15.7. The van der Waals surface area contributed by atoms with E-state index < -0.39 is 15.8 Å². The maximum absolute atomic E-state index is 12.9. The van der Waals surface area contributed by atoms with Gasteiger partial charge in [0.2, 0.25) is 0 Å². The van der Waals surface area contributed by atoms with E-state index in [0.29, 0.717) is 23.7 Å². The summed E-state index contributed by atoms with van der Waals surface area (Å²) in [5, 5.41) is 2.88. The molecule has 2 aromatic carbocycles. The molecule has 4 N–H and O–H groups in total. The summed E-state index contributed by atoms with van der Waals surface area (Å²) in [6.07, 6.45) is 0.776. The van der Waals surface area contributed by atoms with Crippen molar-refractivity contribution in [2.24, 2.45) is 11.7 Å². The number of carbonyl (C=O) groups excluding carboxylic acids is 1. The predicted molar refractivity (Wildman–Crippen MR) is 111 cm³/mol. The van der Waals surface area contributed by atoms with Gasteiger partial charge in [0.05, 0.1) is 4.90 Å². The second-order valence-electron chi connectivity index (χ2n) is 6.67. The fourth-order valence-corrected chi connectivity index (χ4v) is 3.63. The van der Waals surface area contributed by atoms with Gasteiger partial charge in [0.15, 0.2) is 0 Å². The lowest BCUT2D eigenvalue weighted by Crippen LogP contribution is -2.41. The summed E-state index contributed by atoms with van der Waals surface area (Å²) >= 11 is 0. The number of amides is 1. The number of carbonyl (C=O) groups is 1. The molecule has 0 spiro atoms. The van der Waals surface area contributed by atoms with Crippen LogP contribution in [0.1, 0.15) is 30.6 Å². The molecule has 0 saturated carbocycles. The van der Waals surface area contributed by atoms with Crippen molar-refractivity contribution in [1.29, 1.82) is 0 Å². The number of benzene rings is 2. The summed E-state index contributed by atoms with van der Waals surface area (Å²) in [4.78, 5) is 12.3. The van der Waals surface area contributed by atoms with E-state index in [1.807, 2.05) is 0 Å². The largest absolute Gasteiger partial charge is 0.348 e. The second kappa shape index (κ2) is 10.4. The Morgan fingerprint density at radius 3 is 2.14 bits per heavy atom.